The lowest BCUT2D eigenvalue weighted by atomic mass is 9.98. The van der Waals surface area contributed by atoms with Gasteiger partial charge >= 0.3 is 0 Å². The standard InChI is InChI=1S/C18H24N4O2S/c1-12-5-4-6-13(2)22(12)16(23)11-25-18-19-17(20-21-18)14-7-9-15(24-3)10-8-14/h7-10,12-13H,4-6,11H2,1-3H3,(H,19,20,21)/t12-,13-/m0/s1. The second-order valence-corrected chi connectivity index (χ2v) is 7.36. The topological polar surface area (TPSA) is 71.1 Å². The van der Waals surface area contributed by atoms with Gasteiger partial charge < -0.3 is 9.64 Å². The number of aromatic amines is 1. The Hall–Kier alpha value is -2.02. The monoisotopic (exact) mass is 360 g/mol. The Morgan fingerprint density at radius 1 is 1.28 bits per heavy atom. The molecule has 2 aromatic rings. The van der Waals surface area contributed by atoms with Crippen LogP contribution in [-0.2, 0) is 4.79 Å². The Balaban J connectivity index is 1.60. The maximum absolute atomic E-state index is 12.6. The molecular formula is C18H24N4O2S. The Morgan fingerprint density at radius 3 is 2.60 bits per heavy atom. The molecule has 1 fully saturated rings. The van der Waals surface area contributed by atoms with Crippen molar-refractivity contribution in [2.24, 2.45) is 0 Å². The SMILES string of the molecule is COc1ccc(-c2nc(SCC(=O)N3[C@@H](C)CCC[C@@H]3C)n[nH]2)cc1. The Morgan fingerprint density at radius 2 is 1.96 bits per heavy atom. The molecule has 1 amide bonds. The van der Waals surface area contributed by atoms with E-state index in [1.807, 2.05) is 29.2 Å². The summed E-state index contributed by atoms with van der Waals surface area (Å²) in [6.45, 7) is 4.26. The molecule has 1 aromatic carbocycles. The zero-order valence-corrected chi connectivity index (χ0v) is 15.7. The molecule has 1 saturated heterocycles. The first-order chi connectivity index (χ1) is 12.1. The van der Waals surface area contributed by atoms with Gasteiger partial charge in [-0.25, -0.2) is 4.98 Å². The van der Waals surface area contributed by atoms with Crippen molar-refractivity contribution >= 4 is 17.7 Å². The number of nitrogens with zero attached hydrogens (tertiary/aromatic N) is 3. The van der Waals surface area contributed by atoms with Crippen LogP contribution in [0.5, 0.6) is 5.75 Å². The first-order valence-corrected chi connectivity index (χ1v) is 9.58. The number of methoxy groups -OCH3 is 1. The van der Waals surface area contributed by atoms with E-state index in [0.29, 0.717) is 28.8 Å². The quantitative estimate of drug-likeness (QED) is 0.828. The maximum Gasteiger partial charge on any atom is 0.233 e. The predicted octanol–water partition coefficient (Wildman–Crippen LogP) is 3.36. The molecule has 0 bridgehead atoms. The van der Waals surface area contributed by atoms with Crippen molar-refractivity contribution in [3.05, 3.63) is 24.3 Å². The first-order valence-electron chi connectivity index (χ1n) is 8.59. The van der Waals surface area contributed by atoms with E-state index in [9.17, 15) is 4.79 Å². The molecule has 2 atom stereocenters. The van der Waals surface area contributed by atoms with E-state index in [1.165, 1.54) is 18.2 Å². The van der Waals surface area contributed by atoms with Gasteiger partial charge in [0.05, 0.1) is 12.9 Å². The van der Waals surface area contributed by atoms with Crippen LogP contribution in [0.3, 0.4) is 0 Å². The van der Waals surface area contributed by atoms with Crippen molar-refractivity contribution in [3.8, 4) is 17.1 Å². The number of amides is 1. The molecule has 7 heteroatoms. The van der Waals surface area contributed by atoms with Gasteiger partial charge in [-0.1, -0.05) is 11.8 Å². The summed E-state index contributed by atoms with van der Waals surface area (Å²) in [5, 5.41) is 7.74. The van der Waals surface area contributed by atoms with Gasteiger partial charge in [-0.05, 0) is 57.4 Å². The lowest BCUT2D eigenvalue weighted by Crippen LogP contribution is -2.48. The van der Waals surface area contributed by atoms with Gasteiger partial charge in [-0.15, -0.1) is 5.10 Å². The molecule has 0 radical (unpaired) electrons. The van der Waals surface area contributed by atoms with E-state index in [4.69, 9.17) is 4.74 Å². The molecule has 1 aliphatic rings. The fourth-order valence-corrected chi connectivity index (χ4v) is 3.97. The molecule has 2 heterocycles. The van der Waals surface area contributed by atoms with E-state index in [1.54, 1.807) is 7.11 Å². The lowest BCUT2D eigenvalue weighted by Gasteiger charge is -2.39. The molecule has 1 N–H and O–H groups in total. The van der Waals surface area contributed by atoms with Crippen molar-refractivity contribution < 1.29 is 9.53 Å². The van der Waals surface area contributed by atoms with E-state index < -0.39 is 0 Å². The second-order valence-electron chi connectivity index (χ2n) is 6.41. The van der Waals surface area contributed by atoms with E-state index in [-0.39, 0.29) is 5.91 Å². The van der Waals surface area contributed by atoms with Crippen LogP contribution in [0.15, 0.2) is 29.4 Å². The number of hydrogen-bond acceptors (Lipinski definition) is 5. The summed E-state index contributed by atoms with van der Waals surface area (Å²) in [4.78, 5) is 19.1. The van der Waals surface area contributed by atoms with Crippen LogP contribution in [0.4, 0.5) is 0 Å². The third-order valence-corrected chi connectivity index (χ3v) is 5.47. The zero-order valence-electron chi connectivity index (χ0n) is 14.9. The van der Waals surface area contributed by atoms with Crippen LogP contribution in [0.2, 0.25) is 0 Å². The third-order valence-electron chi connectivity index (χ3n) is 4.63. The van der Waals surface area contributed by atoms with Crippen molar-refractivity contribution in [3.63, 3.8) is 0 Å². The number of benzene rings is 1. The number of likely N-dealkylation sites (tertiary alicyclic amines) is 1. The van der Waals surface area contributed by atoms with Crippen LogP contribution >= 0.6 is 11.8 Å². The third kappa shape index (κ3) is 4.15. The number of H-pyrrole nitrogens is 1. The van der Waals surface area contributed by atoms with Crippen LogP contribution < -0.4 is 4.74 Å². The second kappa shape index (κ2) is 7.91. The average molecular weight is 360 g/mol. The fraction of sp³-hybridized carbons (Fsp3) is 0.500. The summed E-state index contributed by atoms with van der Waals surface area (Å²) in [6.07, 6.45) is 3.37. The number of thioether (sulfide) groups is 1. The highest BCUT2D eigenvalue weighted by Crippen LogP contribution is 2.25. The highest BCUT2D eigenvalue weighted by Gasteiger charge is 2.28. The smallest absolute Gasteiger partial charge is 0.233 e. The Labute approximate surface area is 152 Å². The predicted molar refractivity (Wildman–Crippen MR) is 98.7 cm³/mol. The summed E-state index contributed by atoms with van der Waals surface area (Å²) in [5.74, 6) is 2.03. The van der Waals surface area contributed by atoms with Gasteiger partial charge in [-0.2, -0.15) is 0 Å². The van der Waals surface area contributed by atoms with Crippen LogP contribution in [0, 0.1) is 0 Å². The van der Waals surface area contributed by atoms with E-state index in [0.717, 1.165) is 24.2 Å². The van der Waals surface area contributed by atoms with Crippen LogP contribution in [-0.4, -0.2) is 50.9 Å². The van der Waals surface area contributed by atoms with Gasteiger partial charge in [0, 0.05) is 17.6 Å². The minimum Gasteiger partial charge on any atom is -0.497 e. The number of aromatic nitrogens is 3. The van der Waals surface area contributed by atoms with Crippen molar-refractivity contribution in [2.45, 2.75) is 50.4 Å². The molecule has 0 unspecified atom stereocenters. The average Bonchev–Trinajstić information content (AvgIpc) is 3.09. The molecule has 0 saturated carbocycles. The zero-order chi connectivity index (χ0) is 17.8. The highest BCUT2D eigenvalue weighted by atomic mass is 32.2. The molecule has 134 valence electrons. The molecule has 0 aliphatic carbocycles. The van der Waals surface area contributed by atoms with Crippen LogP contribution in [0.25, 0.3) is 11.4 Å². The molecule has 6 nitrogen and oxygen atoms in total. The van der Waals surface area contributed by atoms with Gasteiger partial charge in [0.2, 0.25) is 11.1 Å². The van der Waals surface area contributed by atoms with E-state index in [2.05, 4.69) is 29.0 Å². The first kappa shape index (κ1) is 17.8. The van der Waals surface area contributed by atoms with Crippen molar-refractivity contribution in [1.82, 2.24) is 20.1 Å². The van der Waals surface area contributed by atoms with Crippen molar-refractivity contribution in [1.29, 1.82) is 0 Å². The number of nitrogens with one attached hydrogen (secondary N) is 1. The lowest BCUT2D eigenvalue weighted by molar-refractivity contribution is -0.134. The number of ether oxygens (including phenoxy) is 1. The largest absolute Gasteiger partial charge is 0.497 e. The van der Waals surface area contributed by atoms with Gasteiger partial charge in [0.25, 0.3) is 0 Å². The molecule has 3 rings (SSSR count). The number of rotatable bonds is 5. The fourth-order valence-electron chi connectivity index (χ4n) is 3.30. The maximum atomic E-state index is 12.6. The van der Waals surface area contributed by atoms with E-state index >= 15 is 0 Å². The molecule has 25 heavy (non-hydrogen) atoms. The Kier molecular flexibility index (Phi) is 5.63. The van der Waals surface area contributed by atoms with Gasteiger partial charge in [0.15, 0.2) is 5.82 Å². The highest BCUT2D eigenvalue weighted by molar-refractivity contribution is 7.99. The molecule has 0 spiro atoms. The van der Waals surface area contributed by atoms with Crippen LogP contribution in [0.1, 0.15) is 33.1 Å². The Bertz CT molecular complexity index is 706. The van der Waals surface area contributed by atoms with Crippen molar-refractivity contribution in [2.75, 3.05) is 12.9 Å². The summed E-state index contributed by atoms with van der Waals surface area (Å²) in [6, 6.07) is 8.25. The molecular weight excluding hydrogens is 336 g/mol. The minimum absolute atomic E-state index is 0.167. The minimum atomic E-state index is 0.167. The van der Waals surface area contributed by atoms with Gasteiger partial charge in [0.1, 0.15) is 5.75 Å². The summed E-state index contributed by atoms with van der Waals surface area (Å²) in [7, 11) is 1.64. The number of carbonyl (C=O) groups excluding carboxylic acids is 1. The number of piperidine rings is 1. The summed E-state index contributed by atoms with van der Waals surface area (Å²) in [5.41, 5.74) is 0.935. The normalized spacial score (nSPS) is 20.5. The number of carbonyl (C=O) groups is 1. The molecule has 1 aromatic heterocycles. The summed E-state index contributed by atoms with van der Waals surface area (Å²) >= 11 is 1.38. The summed E-state index contributed by atoms with van der Waals surface area (Å²) < 4.78 is 5.16. The molecule has 1 aliphatic heterocycles. The van der Waals surface area contributed by atoms with Gasteiger partial charge in [-0.3, -0.25) is 9.89 Å². The number of hydrogen-bond donors (Lipinski definition) is 1.